The number of aromatic nitrogens is 4. The number of fused-ring (bicyclic) bond motifs is 1. The average molecular weight is 597 g/mol. The molecule has 220 valence electrons. The quantitative estimate of drug-likeness (QED) is 0.194. The van der Waals surface area contributed by atoms with Crippen LogP contribution in [0.3, 0.4) is 0 Å². The molecule has 6 rings (SSSR count). The van der Waals surface area contributed by atoms with Gasteiger partial charge in [0, 0.05) is 57.8 Å². The van der Waals surface area contributed by atoms with Crippen LogP contribution >= 0.6 is 11.6 Å². The number of benzene rings is 2. The Bertz CT molecular complexity index is 1830. The summed E-state index contributed by atoms with van der Waals surface area (Å²) in [6, 6.07) is 19.3. The van der Waals surface area contributed by atoms with Crippen molar-refractivity contribution >= 4 is 34.3 Å². The van der Waals surface area contributed by atoms with Crippen molar-refractivity contribution in [3.05, 3.63) is 99.9 Å². The van der Waals surface area contributed by atoms with Gasteiger partial charge in [0.1, 0.15) is 5.65 Å². The zero-order valence-corrected chi connectivity index (χ0v) is 25.3. The topological polar surface area (TPSA) is 75.9 Å². The van der Waals surface area contributed by atoms with E-state index < -0.39 is 5.95 Å². The largest absolute Gasteiger partial charge is 0.324 e. The normalized spacial score (nSPS) is 14.5. The first-order valence-electron chi connectivity index (χ1n) is 14.7. The van der Waals surface area contributed by atoms with Gasteiger partial charge in [0.15, 0.2) is 0 Å². The highest BCUT2D eigenvalue weighted by atomic mass is 35.5. The van der Waals surface area contributed by atoms with Gasteiger partial charge in [-0.25, -0.2) is 9.97 Å². The summed E-state index contributed by atoms with van der Waals surface area (Å²) < 4.78 is 15.9. The second kappa shape index (κ2) is 12.2. The van der Waals surface area contributed by atoms with Crippen molar-refractivity contribution in [1.29, 1.82) is 0 Å². The maximum absolute atomic E-state index is 14.2. The molecule has 0 atom stereocenters. The number of halogens is 2. The molecule has 0 aliphatic carbocycles. The number of likely N-dealkylation sites (tertiary alicyclic amines) is 1. The molecule has 0 spiro atoms. The maximum atomic E-state index is 14.2. The molecule has 0 radical (unpaired) electrons. The summed E-state index contributed by atoms with van der Waals surface area (Å²) in [6.07, 6.45) is 5.46. The molecule has 0 saturated carbocycles. The predicted molar refractivity (Wildman–Crippen MR) is 172 cm³/mol. The zero-order chi connectivity index (χ0) is 30.1. The molecule has 1 saturated heterocycles. The summed E-state index contributed by atoms with van der Waals surface area (Å²) in [5, 5.41) is 4.35. The number of aryl methyl sites for hydroxylation is 1. The SMILES string of the molecule is CCn1c(=O)c(-c2ccc(-c3cccnc3F)cc2Cl)cc2cnc(Nc3ccc(C4CCN(C(C)C)CC4)cc3)nc21. The number of piperidine rings is 1. The third kappa shape index (κ3) is 5.90. The Labute approximate surface area is 255 Å². The lowest BCUT2D eigenvalue weighted by Crippen LogP contribution is -2.37. The first-order valence-corrected chi connectivity index (χ1v) is 15.1. The molecule has 2 aromatic carbocycles. The van der Waals surface area contributed by atoms with Gasteiger partial charge in [-0.1, -0.05) is 35.9 Å². The van der Waals surface area contributed by atoms with Gasteiger partial charge in [-0.2, -0.15) is 9.37 Å². The number of nitrogens with zero attached hydrogens (tertiary/aromatic N) is 5. The van der Waals surface area contributed by atoms with E-state index in [-0.39, 0.29) is 5.56 Å². The fourth-order valence-corrected chi connectivity index (χ4v) is 6.21. The van der Waals surface area contributed by atoms with E-state index in [1.807, 2.05) is 6.92 Å². The Hall–Kier alpha value is -4.14. The molecule has 7 nitrogen and oxygen atoms in total. The van der Waals surface area contributed by atoms with Gasteiger partial charge in [0.25, 0.3) is 5.56 Å². The molecule has 43 heavy (non-hydrogen) atoms. The summed E-state index contributed by atoms with van der Waals surface area (Å²) in [6.45, 7) is 9.11. The second-order valence-electron chi connectivity index (χ2n) is 11.3. The third-order valence-electron chi connectivity index (χ3n) is 8.37. The summed E-state index contributed by atoms with van der Waals surface area (Å²) >= 11 is 6.65. The van der Waals surface area contributed by atoms with Crippen molar-refractivity contribution in [1.82, 2.24) is 24.4 Å². The van der Waals surface area contributed by atoms with Gasteiger partial charge in [-0.15, -0.1) is 0 Å². The fourth-order valence-electron chi connectivity index (χ4n) is 5.92. The zero-order valence-electron chi connectivity index (χ0n) is 24.5. The van der Waals surface area contributed by atoms with Gasteiger partial charge >= 0.3 is 0 Å². The van der Waals surface area contributed by atoms with Crippen LogP contribution in [0.1, 0.15) is 45.1 Å². The van der Waals surface area contributed by atoms with E-state index in [9.17, 15) is 9.18 Å². The molecule has 3 aromatic heterocycles. The highest BCUT2D eigenvalue weighted by Crippen LogP contribution is 2.33. The monoisotopic (exact) mass is 596 g/mol. The lowest BCUT2D eigenvalue weighted by Gasteiger charge is -2.34. The summed E-state index contributed by atoms with van der Waals surface area (Å²) in [4.78, 5) is 29.2. The highest BCUT2D eigenvalue weighted by molar-refractivity contribution is 6.33. The van der Waals surface area contributed by atoms with E-state index in [1.54, 1.807) is 47.2 Å². The average Bonchev–Trinajstić information content (AvgIpc) is 3.02. The number of hydrogen-bond donors (Lipinski definition) is 1. The summed E-state index contributed by atoms with van der Waals surface area (Å²) in [5.41, 5.74) is 4.48. The Balaban J connectivity index is 1.25. The van der Waals surface area contributed by atoms with Crippen LogP contribution < -0.4 is 10.9 Å². The molecule has 0 unspecified atom stereocenters. The van der Waals surface area contributed by atoms with Gasteiger partial charge in [-0.05, 0) is 100 Å². The molecular weight excluding hydrogens is 563 g/mol. The Morgan fingerprint density at radius 3 is 2.44 bits per heavy atom. The van der Waals surface area contributed by atoms with Crippen molar-refractivity contribution < 1.29 is 4.39 Å². The molecule has 1 N–H and O–H groups in total. The molecule has 0 amide bonds. The van der Waals surface area contributed by atoms with Crippen molar-refractivity contribution in [3.8, 4) is 22.3 Å². The van der Waals surface area contributed by atoms with Crippen molar-refractivity contribution in [3.63, 3.8) is 0 Å². The smallest absolute Gasteiger partial charge is 0.260 e. The number of rotatable bonds is 7. The van der Waals surface area contributed by atoms with Gasteiger partial charge in [-0.3, -0.25) is 9.36 Å². The number of nitrogens with one attached hydrogen (secondary N) is 1. The van der Waals surface area contributed by atoms with Crippen LogP contribution in [-0.2, 0) is 6.54 Å². The van der Waals surface area contributed by atoms with Crippen molar-refractivity contribution in [2.75, 3.05) is 18.4 Å². The second-order valence-corrected chi connectivity index (χ2v) is 11.7. The summed E-state index contributed by atoms with van der Waals surface area (Å²) in [7, 11) is 0. The van der Waals surface area contributed by atoms with Crippen LogP contribution in [0.2, 0.25) is 5.02 Å². The highest BCUT2D eigenvalue weighted by Gasteiger charge is 2.22. The van der Waals surface area contributed by atoms with Crippen LogP contribution in [0, 0.1) is 5.95 Å². The molecule has 1 aliphatic rings. The van der Waals surface area contributed by atoms with Crippen LogP contribution in [0.4, 0.5) is 16.0 Å². The number of pyridine rings is 2. The lowest BCUT2D eigenvalue weighted by molar-refractivity contribution is 0.172. The standard InChI is InChI=1S/C34H34ClFN6O/c1-4-42-32-25(18-29(33(42)43)28-12-9-24(19-30(28)35)27-6-5-15-37-31(27)36)20-38-34(40-32)39-26-10-7-22(8-11-26)23-13-16-41(17-14-23)21(2)3/h5-12,15,18-21,23H,4,13-14,16-17H2,1-3H3,(H,38,39,40). The van der Waals surface area contributed by atoms with E-state index in [4.69, 9.17) is 16.6 Å². The van der Waals surface area contributed by atoms with Gasteiger partial charge in [0.05, 0.1) is 0 Å². The predicted octanol–water partition coefficient (Wildman–Crippen LogP) is 7.66. The number of hydrogen-bond acceptors (Lipinski definition) is 6. The molecular formula is C34H34ClFN6O. The van der Waals surface area contributed by atoms with Crippen LogP contribution in [0.15, 0.2) is 77.9 Å². The Morgan fingerprint density at radius 1 is 1.00 bits per heavy atom. The van der Waals surface area contributed by atoms with E-state index in [1.165, 1.54) is 24.6 Å². The molecule has 1 aliphatic heterocycles. The van der Waals surface area contributed by atoms with Gasteiger partial charge in [0.2, 0.25) is 11.9 Å². The third-order valence-corrected chi connectivity index (χ3v) is 8.68. The Morgan fingerprint density at radius 2 is 1.77 bits per heavy atom. The van der Waals surface area contributed by atoms with Crippen molar-refractivity contribution in [2.45, 2.75) is 52.1 Å². The molecule has 4 heterocycles. The van der Waals surface area contributed by atoms with Crippen LogP contribution in [0.25, 0.3) is 33.3 Å². The first-order chi connectivity index (χ1) is 20.8. The molecule has 0 bridgehead atoms. The molecule has 5 aromatic rings. The fraction of sp³-hybridized carbons (Fsp3) is 0.294. The van der Waals surface area contributed by atoms with E-state index in [0.29, 0.717) is 62.8 Å². The minimum absolute atomic E-state index is 0.213. The minimum atomic E-state index is -0.578. The van der Waals surface area contributed by atoms with Crippen LogP contribution in [0.5, 0.6) is 0 Å². The number of anilines is 2. The molecule has 1 fully saturated rings. The van der Waals surface area contributed by atoms with Gasteiger partial charge < -0.3 is 10.2 Å². The van der Waals surface area contributed by atoms with Crippen LogP contribution in [-0.4, -0.2) is 43.6 Å². The van der Waals surface area contributed by atoms with E-state index >= 15 is 0 Å². The van der Waals surface area contributed by atoms with E-state index in [0.717, 1.165) is 18.8 Å². The van der Waals surface area contributed by atoms with E-state index in [2.05, 4.69) is 58.3 Å². The lowest BCUT2D eigenvalue weighted by atomic mass is 9.89. The first kappa shape index (κ1) is 29.0. The summed E-state index contributed by atoms with van der Waals surface area (Å²) in [5.74, 6) is 0.418. The van der Waals surface area contributed by atoms with Crippen molar-refractivity contribution in [2.24, 2.45) is 0 Å². The molecule has 9 heteroatoms. The minimum Gasteiger partial charge on any atom is -0.324 e. The maximum Gasteiger partial charge on any atom is 0.260 e. The Kier molecular flexibility index (Phi) is 8.23.